The lowest BCUT2D eigenvalue weighted by Gasteiger charge is -2.07. The van der Waals surface area contributed by atoms with Crippen molar-refractivity contribution >= 4 is 23.3 Å². The molecule has 0 bridgehead atoms. The maximum Gasteiger partial charge on any atom is 0.255 e. The van der Waals surface area contributed by atoms with E-state index in [1.807, 2.05) is 0 Å². The monoisotopic (exact) mass is 271 g/mol. The normalized spacial score (nSPS) is 9.85. The van der Waals surface area contributed by atoms with Crippen LogP contribution in [0.25, 0.3) is 0 Å². The molecule has 6 heteroatoms. The first-order valence-corrected chi connectivity index (χ1v) is 5.88. The molecule has 3 N–H and O–H groups in total. The zero-order valence-corrected chi connectivity index (χ0v) is 10.8. The molecule has 6 nitrogen and oxygen atoms in total. The third-order valence-corrected chi connectivity index (χ3v) is 2.45. The molecule has 0 saturated heterocycles. The van der Waals surface area contributed by atoms with E-state index >= 15 is 0 Å². The second kappa shape index (κ2) is 5.83. The van der Waals surface area contributed by atoms with Crippen molar-refractivity contribution in [2.45, 2.75) is 6.92 Å². The number of phenols is 1. The fourth-order valence-corrected chi connectivity index (χ4v) is 1.57. The quantitative estimate of drug-likeness (QED) is 0.744. The number of nitrogens with zero attached hydrogens (tertiary/aromatic N) is 1. The van der Waals surface area contributed by atoms with Gasteiger partial charge in [0.15, 0.2) is 0 Å². The van der Waals surface area contributed by atoms with Crippen molar-refractivity contribution in [3.63, 3.8) is 0 Å². The minimum atomic E-state index is -0.329. The second-order valence-corrected chi connectivity index (χ2v) is 4.11. The van der Waals surface area contributed by atoms with Crippen molar-refractivity contribution < 1.29 is 14.7 Å². The Morgan fingerprint density at radius 3 is 2.45 bits per heavy atom. The van der Waals surface area contributed by atoms with E-state index in [2.05, 4.69) is 15.6 Å². The fourth-order valence-electron chi connectivity index (χ4n) is 1.57. The second-order valence-electron chi connectivity index (χ2n) is 4.11. The van der Waals surface area contributed by atoms with Gasteiger partial charge in [0.2, 0.25) is 5.91 Å². The molecule has 20 heavy (non-hydrogen) atoms. The minimum absolute atomic E-state index is 0.125. The smallest absolute Gasteiger partial charge is 0.255 e. The predicted molar refractivity (Wildman–Crippen MR) is 74.6 cm³/mol. The van der Waals surface area contributed by atoms with Crippen molar-refractivity contribution in [3.8, 4) is 5.75 Å². The van der Waals surface area contributed by atoms with Gasteiger partial charge in [-0.1, -0.05) is 0 Å². The van der Waals surface area contributed by atoms with E-state index in [1.54, 1.807) is 18.2 Å². The summed E-state index contributed by atoms with van der Waals surface area (Å²) in [7, 11) is 0. The summed E-state index contributed by atoms with van der Waals surface area (Å²) >= 11 is 0. The number of amides is 2. The number of pyridine rings is 1. The third kappa shape index (κ3) is 3.55. The number of phenolic OH excluding ortho intramolecular Hbond substituents is 1. The van der Waals surface area contributed by atoms with Crippen LogP contribution >= 0.6 is 0 Å². The van der Waals surface area contributed by atoms with Crippen molar-refractivity contribution in [3.05, 3.63) is 48.2 Å². The number of rotatable bonds is 3. The van der Waals surface area contributed by atoms with E-state index in [0.717, 1.165) is 0 Å². The number of anilines is 2. The standard InChI is InChI=1S/C14H13N3O3/c1-9(18)16-13-8-10(6-7-15-13)14(20)17-11-2-4-12(19)5-3-11/h2-8,19H,1H3,(H,17,20)(H,15,16,18). The number of hydrogen-bond acceptors (Lipinski definition) is 4. The van der Waals surface area contributed by atoms with Gasteiger partial charge in [-0.25, -0.2) is 4.98 Å². The Bertz CT molecular complexity index is 638. The van der Waals surface area contributed by atoms with Crippen LogP contribution in [0.15, 0.2) is 42.6 Å². The van der Waals surface area contributed by atoms with E-state index in [1.165, 1.54) is 31.3 Å². The van der Waals surface area contributed by atoms with Gasteiger partial charge in [-0.15, -0.1) is 0 Å². The fraction of sp³-hybridized carbons (Fsp3) is 0.0714. The molecule has 2 amide bonds. The molecule has 102 valence electrons. The summed E-state index contributed by atoms with van der Waals surface area (Å²) in [5.41, 5.74) is 0.933. The molecule has 0 aliphatic rings. The number of aromatic nitrogens is 1. The Kier molecular flexibility index (Phi) is 3.95. The maximum atomic E-state index is 12.0. The van der Waals surface area contributed by atoms with Crippen LogP contribution in [-0.4, -0.2) is 21.9 Å². The van der Waals surface area contributed by atoms with E-state index in [0.29, 0.717) is 17.1 Å². The van der Waals surface area contributed by atoms with E-state index in [-0.39, 0.29) is 17.6 Å². The first-order chi connectivity index (χ1) is 9.54. The molecule has 1 heterocycles. The molecule has 0 atom stereocenters. The van der Waals surface area contributed by atoms with Crippen molar-refractivity contribution in [2.75, 3.05) is 10.6 Å². The zero-order chi connectivity index (χ0) is 14.5. The lowest BCUT2D eigenvalue weighted by atomic mass is 10.2. The molecule has 2 rings (SSSR count). The van der Waals surface area contributed by atoms with Gasteiger partial charge >= 0.3 is 0 Å². The van der Waals surface area contributed by atoms with E-state index in [4.69, 9.17) is 5.11 Å². The van der Waals surface area contributed by atoms with Crippen LogP contribution in [0.2, 0.25) is 0 Å². The summed E-state index contributed by atoms with van der Waals surface area (Å²) in [6.45, 7) is 1.37. The average molecular weight is 271 g/mol. The van der Waals surface area contributed by atoms with Crippen LogP contribution in [0.1, 0.15) is 17.3 Å². The van der Waals surface area contributed by atoms with Gasteiger partial charge in [-0.3, -0.25) is 9.59 Å². The zero-order valence-electron chi connectivity index (χ0n) is 10.8. The molecular weight excluding hydrogens is 258 g/mol. The van der Waals surface area contributed by atoms with Crippen LogP contribution in [-0.2, 0) is 4.79 Å². The topological polar surface area (TPSA) is 91.3 Å². The van der Waals surface area contributed by atoms with Gasteiger partial charge in [-0.05, 0) is 36.4 Å². The Hall–Kier alpha value is -2.89. The Morgan fingerprint density at radius 1 is 1.10 bits per heavy atom. The SMILES string of the molecule is CC(=O)Nc1cc(C(=O)Nc2ccc(O)cc2)ccn1. The highest BCUT2D eigenvalue weighted by atomic mass is 16.3. The molecule has 2 aromatic rings. The predicted octanol–water partition coefficient (Wildman–Crippen LogP) is 2.00. The summed E-state index contributed by atoms with van der Waals surface area (Å²) in [5.74, 6) is -0.144. The summed E-state index contributed by atoms with van der Waals surface area (Å²) in [4.78, 5) is 26.9. The van der Waals surface area contributed by atoms with Crippen molar-refractivity contribution in [1.82, 2.24) is 4.98 Å². The Balaban J connectivity index is 2.12. The molecule has 0 aliphatic carbocycles. The molecule has 0 radical (unpaired) electrons. The summed E-state index contributed by atoms with van der Waals surface area (Å²) in [6, 6.07) is 9.15. The number of carbonyl (C=O) groups is 2. The number of aromatic hydroxyl groups is 1. The number of hydrogen-bond donors (Lipinski definition) is 3. The van der Waals surface area contributed by atoms with Gasteiger partial charge in [0.1, 0.15) is 11.6 Å². The molecule has 0 spiro atoms. The molecule has 0 fully saturated rings. The first kappa shape index (κ1) is 13.5. The van der Waals surface area contributed by atoms with Crippen LogP contribution in [0, 0.1) is 0 Å². The maximum absolute atomic E-state index is 12.0. The molecule has 1 aromatic heterocycles. The largest absolute Gasteiger partial charge is 0.508 e. The molecule has 0 aliphatic heterocycles. The van der Waals surface area contributed by atoms with Crippen molar-refractivity contribution in [2.24, 2.45) is 0 Å². The highest BCUT2D eigenvalue weighted by Gasteiger charge is 2.08. The summed E-state index contributed by atoms with van der Waals surface area (Å²) in [5, 5.41) is 14.4. The summed E-state index contributed by atoms with van der Waals surface area (Å²) in [6.07, 6.45) is 1.44. The molecule has 1 aromatic carbocycles. The van der Waals surface area contributed by atoms with Gasteiger partial charge in [0.25, 0.3) is 5.91 Å². The lowest BCUT2D eigenvalue weighted by Crippen LogP contribution is -2.13. The van der Waals surface area contributed by atoms with Gasteiger partial charge in [-0.2, -0.15) is 0 Å². The van der Waals surface area contributed by atoms with Crippen molar-refractivity contribution in [1.29, 1.82) is 0 Å². The summed E-state index contributed by atoms with van der Waals surface area (Å²) < 4.78 is 0. The Morgan fingerprint density at radius 2 is 1.80 bits per heavy atom. The van der Waals surface area contributed by atoms with Crippen LogP contribution < -0.4 is 10.6 Å². The van der Waals surface area contributed by atoms with Crippen LogP contribution in [0.4, 0.5) is 11.5 Å². The van der Waals surface area contributed by atoms with Gasteiger partial charge < -0.3 is 15.7 Å². The molecular formula is C14H13N3O3. The van der Waals surface area contributed by atoms with Crippen LogP contribution in [0.5, 0.6) is 5.75 Å². The first-order valence-electron chi connectivity index (χ1n) is 5.88. The molecule has 0 unspecified atom stereocenters. The Labute approximate surface area is 115 Å². The number of nitrogens with one attached hydrogen (secondary N) is 2. The van der Waals surface area contributed by atoms with Crippen LogP contribution in [0.3, 0.4) is 0 Å². The third-order valence-electron chi connectivity index (χ3n) is 2.45. The van der Waals surface area contributed by atoms with E-state index in [9.17, 15) is 9.59 Å². The minimum Gasteiger partial charge on any atom is -0.508 e. The molecule has 0 saturated carbocycles. The highest BCUT2D eigenvalue weighted by molar-refractivity contribution is 6.05. The van der Waals surface area contributed by atoms with Gasteiger partial charge in [0.05, 0.1) is 0 Å². The lowest BCUT2D eigenvalue weighted by molar-refractivity contribution is -0.114. The number of carbonyl (C=O) groups excluding carboxylic acids is 2. The highest BCUT2D eigenvalue weighted by Crippen LogP contribution is 2.15. The van der Waals surface area contributed by atoms with E-state index < -0.39 is 0 Å². The number of benzene rings is 1. The average Bonchev–Trinajstić information content (AvgIpc) is 2.41. The van der Waals surface area contributed by atoms with Gasteiger partial charge in [0, 0.05) is 24.4 Å².